The van der Waals surface area contributed by atoms with Crippen LogP contribution in [0.5, 0.6) is 5.75 Å². The van der Waals surface area contributed by atoms with Crippen LogP contribution in [0.4, 0.5) is 0 Å². The summed E-state index contributed by atoms with van der Waals surface area (Å²) in [6, 6.07) is 7.78. The second kappa shape index (κ2) is 6.72. The number of ether oxygens (including phenoxy) is 1. The molecule has 0 radical (unpaired) electrons. The number of carboxylic acid groups (broad SMARTS) is 1. The first kappa shape index (κ1) is 15.4. The second-order valence-corrected chi connectivity index (χ2v) is 6.91. The lowest BCUT2D eigenvalue weighted by molar-refractivity contribution is -0.143. The van der Waals surface area contributed by atoms with Crippen molar-refractivity contribution in [3.05, 3.63) is 29.8 Å². The molecule has 3 heteroatoms. The quantitative estimate of drug-likeness (QED) is 0.868. The maximum atomic E-state index is 11.9. The minimum Gasteiger partial charge on any atom is -0.493 e. The second-order valence-electron chi connectivity index (χ2n) is 6.91. The standard InChI is InChI=1S/C19H26O3/c20-18(21)19(12-6-7-13-19)16-10-4-5-11-17(16)22-14-15-8-2-1-3-9-15/h4-5,10-11,15H,1-3,6-9,12-14H2,(H,20,21). The third-order valence-corrected chi connectivity index (χ3v) is 5.47. The summed E-state index contributed by atoms with van der Waals surface area (Å²) in [5, 5.41) is 9.80. The van der Waals surface area contributed by atoms with Gasteiger partial charge >= 0.3 is 5.97 Å². The van der Waals surface area contributed by atoms with Gasteiger partial charge < -0.3 is 9.84 Å². The van der Waals surface area contributed by atoms with E-state index in [9.17, 15) is 9.90 Å². The fourth-order valence-electron chi connectivity index (χ4n) is 4.13. The van der Waals surface area contributed by atoms with Gasteiger partial charge in [-0.05, 0) is 37.7 Å². The number of hydrogen-bond donors (Lipinski definition) is 1. The van der Waals surface area contributed by atoms with E-state index < -0.39 is 11.4 Å². The van der Waals surface area contributed by atoms with Crippen LogP contribution in [0, 0.1) is 5.92 Å². The van der Waals surface area contributed by atoms with E-state index in [1.165, 1.54) is 32.1 Å². The SMILES string of the molecule is O=C(O)C1(c2ccccc2OCC2CCCCC2)CCCC1. The minimum atomic E-state index is -0.733. The molecule has 2 fully saturated rings. The molecule has 0 aliphatic heterocycles. The summed E-state index contributed by atoms with van der Waals surface area (Å²) in [7, 11) is 0. The molecule has 1 aromatic carbocycles. The summed E-state index contributed by atoms with van der Waals surface area (Å²) in [5.41, 5.74) is 0.152. The maximum Gasteiger partial charge on any atom is 0.314 e. The van der Waals surface area contributed by atoms with Gasteiger partial charge in [0.2, 0.25) is 0 Å². The van der Waals surface area contributed by atoms with E-state index >= 15 is 0 Å². The Bertz CT molecular complexity index is 511. The van der Waals surface area contributed by atoms with E-state index in [1.807, 2.05) is 24.3 Å². The van der Waals surface area contributed by atoms with Crippen LogP contribution < -0.4 is 4.74 Å². The average molecular weight is 302 g/mol. The van der Waals surface area contributed by atoms with Crippen molar-refractivity contribution >= 4 is 5.97 Å². The topological polar surface area (TPSA) is 46.5 Å². The zero-order chi connectivity index (χ0) is 15.4. The molecular formula is C19H26O3. The summed E-state index contributed by atoms with van der Waals surface area (Å²) in [6.07, 6.45) is 9.86. The third kappa shape index (κ3) is 2.99. The predicted molar refractivity (Wildman–Crippen MR) is 86.3 cm³/mol. The van der Waals surface area contributed by atoms with E-state index in [-0.39, 0.29) is 0 Å². The van der Waals surface area contributed by atoms with Crippen LogP contribution in [0.1, 0.15) is 63.4 Å². The van der Waals surface area contributed by atoms with Crippen molar-refractivity contribution in [2.75, 3.05) is 6.61 Å². The summed E-state index contributed by atoms with van der Waals surface area (Å²) < 4.78 is 6.10. The van der Waals surface area contributed by atoms with Crippen LogP contribution in [0.3, 0.4) is 0 Å². The van der Waals surface area contributed by atoms with Gasteiger partial charge in [0.1, 0.15) is 5.75 Å². The van der Waals surface area contributed by atoms with Crippen molar-refractivity contribution in [3.63, 3.8) is 0 Å². The van der Waals surface area contributed by atoms with Crippen LogP contribution in [0.25, 0.3) is 0 Å². The molecule has 22 heavy (non-hydrogen) atoms. The van der Waals surface area contributed by atoms with Crippen LogP contribution in [0.2, 0.25) is 0 Å². The molecule has 0 aromatic heterocycles. The zero-order valence-electron chi connectivity index (χ0n) is 13.2. The Hall–Kier alpha value is -1.51. The van der Waals surface area contributed by atoms with Gasteiger partial charge in [-0.1, -0.05) is 50.3 Å². The Kier molecular flexibility index (Phi) is 4.70. The number of para-hydroxylation sites is 1. The number of aliphatic carboxylic acids is 1. The van der Waals surface area contributed by atoms with Crippen molar-refractivity contribution in [1.82, 2.24) is 0 Å². The summed E-state index contributed by atoms with van der Waals surface area (Å²) in [6.45, 7) is 0.729. The lowest BCUT2D eigenvalue weighted by Gasteiger charge is -2.28. The van der Waals surface area contributed by atoms with Crippen LogP contribution in [0.15, 0.2) is 24.3 Å². The van der Waals surface area contributed by atoms with Gasteiger partial charge in [0.25, 0.3) is 0 Å². The predicted octanol–water partition coefficient (Wildman–Crippen LogP) is 4.54. The van der Waals surface area contributed by atoms with Crippen LogP contribution >= 0.6 is 0 Å². The first-order valence-electron chi connectivity index (χ1n) is 8.68. The minimum absolute atomic E-state index is 0.631. The van der Waals surface area contributed by atoms with Gasteiger partial charge in [0.05, 0.1) is 12.0 Å². The molecule has 0 bridgehead atoms. The molecule has 0 amide bonds. The Morgan fingerprint density at radius 1 is 1.09 bits per heavy atom. The molecule has 1 N–H and O–H groups in total. The molecule has 3 nitrogen and oxygen atoms in total. The highest BCUT2D eigenvalue weighted by Gasteiger charge is 2.44. The molecule has 0 saturated heterocycles. The highest BCUT2D eigenvalue weighted by atomic mass is 16.5. The smallest absolute Gasteiger partial charge is 0.314 e. The number of benzene rings is 1. The van der Waals surface area contributed by atoms with Crippen molar-refractivity contribution < 1.29 is 14.6 Å². The first-order chi connectivity index (χ1) is 10.7. The Labute approximate surface area is 132 Å². The number of carbonyl (C=O) groups is 1. The highest BCUT2D eigenvalue weighted by Crippen LogP contribution is 2.45. The lowest BCUT2D eigenvalue weighted by Crippen LogP contribution is -2.33. The highest BCUT2D eigenvalue weighted by molar-refractivity contribution is 5.83. The molecule has 120 valence electrons. The summed E-state index contributed by atoms with van der Waals surface area (Å²) in [4.78, 5) is 11.9. The molecule has 2 aliphatic carbocycles. The molecule has 0 spiro atoms. The van der Waals surface area contributed by atoms with Gasteiger partial charge in [0.15, 0.2) is 0 Å². The molecular weight excluding hydrogens is 276 g/mol. The molecule has 3 rings (SSSR count). The van der Waals surface area contributed by atoms with Crippen molar-refractivity contribution in [2.24, 2.45) is 5.92 Å². The summed E-state index contributed by atoms with van der Waals surface area (Å²) in [5.74, 6) is 0.724. The van der Waals surface area contributed by atoms with Gasteiger partial charge in [-0.3, -0.25) is 4.79 Å². The normalized spacial score (nSPS) is 21.6. The molecule has 2 aliphatic rings. The van der Waals surface area contributed by atoms with Crippen LogP contribution in [-0.4, -0.2) is 17.7 Å². The monoisotopic (exact) mass is 302 g/mol. The zero-order valence-corrected chi connectivity index (χ0v) is 13.2. The molecule has 2 saturated carbocycles. The third-order valence-electron chi connectivity index (χ3n) is 5.47. The fourth-order valence-corrected chi connectivity index (χ4v) is 4.13. The lowest BCUT2D eigenvalue weighted by atomic mass is 9.78. The van der Waals surface area contributed by atoms with E-state index in [0.717, 1.165) is 43.6 Å². The van der Waals surface area contributed by atoms with Crippen molar-refractivity contribution in [3.8, 4) is 5.75 Å². The Balaban J connectivity index is 1.78. The molecule has 1 aromatic rings. The van der Waals surface area contributed by atoms with Gasteiger partial charge in [-0.2, -0.15) is 0 Å². The average Bonchev–Trinajstić information content (AvgIpc) is 3.05. The Morgan fingerprint density at radius 3 is 2.45 bits per heavy atom. The number of hydrogen-bond acceptors (Lipinski definition) is 2. The van der Waals surface area contributed by atoms with Gasteiger partial charge in [0, 0.05) is 5.56 Å². The largest absolute Gasteiger partial charge is 0.493 e. The molecule has 0 atom stereocenters. The van der Waals surface area contributed by atoms with E-state index in [0.29, 0.717) is 5.92 Å². The van der Waals surface area contributed by atoms with Crippen molar-refractivity contribution in [1.29, 1.82) is 0 Å². The van der Waals surface area contributed by atoms with E-state index in [1.54, 1.807) is 0 Å². The first-order valence-corrected chi connectivity index (χ1v) is 8.68. The van der Waals surface area contributed by atoms with Gasteiger partial charge in [-0.15, -0.1) is 0 Å². The molecule has 0 unspecified atom stereocenters. The fraction of sp³-hybridized carbons (Fsp3) is 0.632. The summed E-state index contributed by atoms with van der Waals surface area (Å²) >= 11 is 0. The number of carboxylic acids is 1. The number of rotatable bonds is 5. The van der Waals surface area contributed by atoms with Gasteiger partial charge in [-0.25, -0.2) is 0 Å². The Morgan fingerprint density at radius 2 is 1.77 bits per heavy atom. The van der Waals surface area contributed by atoms with E-state index in [4.69, 9.17) is 4.74 Å². The molecule has 0 heterocycles. The maximum absolute atomic E-state index is 11.9. The van der Waals surface area contributed by atoms with Crippen LogP contribution in [-0.2, 0) is 10.2 Å². The van der Waals surface area contributed by atoms with E-state index in [2.05, 4.69) is 0 Å². The van der Waals surface area contributed by atoms with Crippen molar-refractivity contribution in [2.45, 2.75) is 63.2 Å².